The van der Waals surface area contributed by atoms with Crippen LogP contribution >= 0.6 is 0 Å². The Morgan fingerprint density at radius 3 is 2.04 bits per heavy atom. The summed E-state index contributed by atoms with van der Waals surface area (Å²) < 4.78 is 29.9. The van der Waals surface area contributed by atoms with Crippen LogP contribution in [0.4, 0.5) is 0 Å². The molecule has 2 aromatic carbocycles. The van der Waals surface area contributed by atoms with Crippen LogP contribution in [0.5, 0.6) is 0 Å². The fraction of sp³-hybridized carbons (Fsp3) is 0.188. The van der Waals surface area contributed by atoms with Crippen molar-refractivity contribution in [2.24, 2.45) is 5.73 Å². The quantitative estimate of drug-likeness (QED) is 0.733. The average molecular weight is 337 g/mol. The van der Waals surface area contributed by atoms with Crippen molar-refractivity contribution in [2.75, 3.05) is 0 Å². The molecule has 2 aromatic rings. The molecule has 0 unspecified atom stereocenters. The molecule has 0 fully saturated rings. The third-order valence-corrected chi connectivity index (χ3v) is 4.00. The van der Waals surface area contributed by atoms with Gasteiger partial charge in [0.15, 0.2) is 0 Å². The Bertz CT molecular complexity index is 744. The molecule has 0 heterocycles. The van der Waals surface area contributed by atoms with Crippen LogP contribution in [0.1, 0.15) is 11.1 Å². The van der Waals surface area contributed by atoms with Crippen molar-refractivity contribution in [3.05, 3.63) is 65.7 Å². The van der Waals surface area contributed by atoms with Gasteiger partial charge in [-0.15, -0.1) is 0 Å². The largest absolute Gasteiger partial charge is 0.480 e. The van der Waals surface area contributed by atoms with Gasteiger partial charge in [-0.05, 0) is 30.5 Å². The molecule has 7 heteroatoms. The Labute approximate surface area is 135 Å². The predicted octanol–water partition coefficient (Wildman–Crippen LogP) is 1.88. The standard InChI is InChI=1S/C9H11NO2.C7H8O3S/c10-8(9(11)12)6-7-4-2-1-3-5-7;1-6-4-2-3-5-7(6)11(8,9)10/h1-5,8H,6,10H2,(H,11,12);2-5H,1H3,(H,8,9,10)/t8-;/m0./s1. The summed E-state index contributed by atoms with van der Waals surface area (Å²) in [5.74, 6) is -0.959. The van der Waals surface area contributed by atoms with Crippen LogP contribution in [-0.2, 0) is 21.3 Å². The maximum atomic E-state index is 10.6. The normalized spacial score (nSPS) is 12.0. The summed E-state index contributed by atoms with van der Waals surface area (Å²) in [6, 6.07) is 14.8. The van der Waals surface area contributed by atoms with Gasteiger partial charge in [0, 0.05) is 0 Å². The summed E-state index contributed by atoms with van der Waals surface area (Å²) in [5.41, 5.74) is 6.85. The zero-order valence-corrected chi connectivity index (χ0v) is 13.4. The minimum Gasteiger partial charge on any atom is -0.480 e. The van der Waals surface area contributed by atoms with E-state index in [9.17, 15) is 13.2 Å². The monoisotopic (exact) mass is 337 g/mol. The van der Waals surface area contributed by atoms with Gasteiger partial charge in [0.2, 0.25) is 0 Å². The summed E-state index contributed by atoms with van der Waals surface area (Å²) in [7, 11) is -4.03. The molecular formula is C16H19NO5S. The lowest BCUT2D eigenvalue weighted by Gasteiger charge is -2.04. The highest BCUT2D eigenvalue weighted by atomic mass is 32.2. The minimum atomic E-state index is -4.03. The van der Waals surface area contributed by atoms with Crippen LogP contribution in [0.15, 0.2) is 59.5 Å². The van der Waals surface area contributed by atoms with Crippen molar-refractivity contribution < 1.29 is 22.9 Å². The Morgan fingerprint density at radius 2 is 1.61 bits per heavy atom. The number of hydrogen-bond acceptors (Lipinski definition) is 4. The first-order chi connectivity index (χ1) is 10.7. The van der Waals surface area contributed by atoms with E-state index in [0.717, 1.165) is 5.56 Å². The fourth-order valence-corrected chi connectivity index (χ4v) is 2.53. The Balaban J connectivity index is 0.000000231. The van der Waals surface area contributed by atoms with Gasteiger partial charge in [0.25, 0.3) is 10.1 Å². The Kier molecular flexibility index (Phi) is 6.89. The molecule has 0 aliphatic carbocycles. The lowest BCUT2D eigenvalue weighted by Crippen LogP contribution is -2.32. The van der Waals surface area contributed by atoms with Gasteiger partial charge in [0.1, 0.15) is 6.04 Å². The molecule has 0 saturated heterocycles. The first-order valence-electron chi connectivity index (χ1n) is 6.77. The summed E-state index contributed by atoms with van der Waals surface area (Å²) >= 11 is 0. The zero-order chi connectivity index (χ0) is 17.5. The van der Waals surface area contributed by atoms with E-state index in [4.69, 9.17) is 15.4 Å². The number of aliphatic carboxylic acids is 1. The van der Waals surface area contributed by atoms with Gasteiger partial charge >= 0.3 is 5.97 Å². The van der Waals surface area contributed by atoms with Crippen molar-refractivity contribution >= 4 is 16.1 Å². The number of rotatable bonds is 4. The van der Waals surface area contributed by atoms with E-state index in [-0.39, 0.29) is 4.90 Å². The second-order valence-electron chi connectivity index (χ2n) is 4.88. The van der Waals surface area contributed by atoms with Crippen molar-refractivity contribution in [3.63, 3.8) is 0 Å². The van der Waals surface area contributed by atoms with Gasteiger partial charge in [0.05, 0.1) is 4.90 Å². The molecule has 0 spiro atoms. The third kappa shape index (κ3) is 6.60. The molecule has 23 heavy (non-hydrogen) atoms. The average Bonchev–Trinajstić information content (AvgIpc) is 2.48. The number of nitrogens with two attached hydrogens (primary N) is 1. The molecule has 0 bridgehead atoms. The molecule has 6 nitrogen and oxygen atoms in total. The highest BCUT2D eigenvalue weighted by molar-refractivity contribution is 7.85. The predicted molar refractivity (Wildman–Crippen MR) is 86.8 cm³/mol. The topological polar surface area (TPSA) is 118 Å². The van der Waals surface area contributed by atoms with Crippen molar-refractivity contribution in [1.82, 2.24) is 0 Å². The Hall–Kier alpha value is -2.22. The summed E-state index contributed by atoms with van der Waals surface area (Å²) in [6.45, 7) is 1.63. The number of carboxylic acid groups (broad SMARTS) is 1. The van der Waals surface area contributed by atoms with Crippen molar-refractivity contribution in [3.8, 4) is 0 Å². The van der Waals surface area contributed by atoms with Gasteiger partial charge < -0.3 is 10.8 Å². The van der Waals surface area contributed by atoms with Crippen LogP contribution < -0.4 is 5.73 Å². The molecule has 0 aromatic heterocycles. The van der Waals surface area contributed by atoms with Crippen LogP contribution in [0.2, 0.25) is 0 Å². The Morgan fingerprint density at radius 1 is 1.09 bits per heavy atom. The third-order valence-electron chi connectivity index (χ3n) is 2.99. The number of benzene rings is 2. The van der Waals surface area contributed by atoms with E-state index < -0.39 is 22.1 Å². The van der Waals surface area contributed by atoms with E-state index in [1.807, 2.05) is 30.3 Å². The first kappa shape index (κ1) is 18.8. The van der Waals surface area contributed by atoms with Gasteiger partial charge in [-0.1, -0.05) is 48.5 Å². The van der Waals surface area contributed by atoms with Gasteiger partial charge in [-0.3, -0.25) is 9.35 Å². The molecule has 124 valence electrons. The second kappa shape index (κ2) is 8.42. The maximum absolute atomic E-state index is 10.6. The SMILES string of the molecule is Cc1ccccc1S(=O)(=O)O.N[C@@H](Cc1ccccc1)C(=O)O. The molecule has 0 aliphatic heterocycles. The number of carbonyl (C=O) groups is 1. The first-order valence-corrected chi connectivity index (χ1v) is 8.21. The summed E-state index contributed by atoms with van der Waals surface area (Å²) in [6.07, 6.45) is 0.385. The highest BCUT2D eigenvalue weighted by Crippen LogP contribution is 2.12. The van der Waals surface area contributed by atoms with Gasteiger partial charge in [-0.2, -0.15) is 8.42 Å². The van der Waals surface area contributed by atoms with E-state index in [1.165, 1.54) is 6.07 Å². The number of hydrogen-bond donors (Lipinski definition) is 3. The summed E-state index contributed by atoms with van der Waals surface area (Å²) in [4.78, 5) is 10.4. The lowest BCUT2D eigenvalue weighted by molar-refractivity contribution is -0.138. The number of carboxylic acids is 1. The van der Waals surface area contributed by atoms with E-state index >= 15 is 0 Å². The molecule has 0 saturated carbocycles. The molecule has 0 radical (unpaired) electrons. The smallest absolute Gasteiger partial charge is 0.320 e. The van der Waals surface area contributed by atoms with Crippen LogP contribution in [-0.4, -0.2) is 30.1 Å². The molecule has 0 aliphatic rings. The minimum absolute atomic E-state index is 0.0278. The molecule has 2 rings (SSSR count). The number of aryl methyl sites for hydroxylation is 1. The van der Waals surface area contributed by atoms with E-state index in [0.29, 0.717) is 12.0 Å². The maximum Gasteiger partial charge on any atom is 0.320 e. The molecule has 4 N–H and O–H groups in total. The molecule has 1 atom stereocenters. The lowest BCUT2D eigenvalue weighted by atomic mass is 10.1. The fourth-order valence-electron chi connectivity index (χ4n) is 1.80. The van der Waals surface area contributed by atoms with E-state index in [2.05, 4.69) is 0 Å². The molecule has 0 amide bonds. The van der Waals surface area contributed by atoms with Crippen molar-refractivity contribution in [1.29, 1.82) is 0 Å². The summed E-state index contributed by atoms with van der Waals surface area (Å²) in [5, 5.41) is 8.52. The molecular weight excluding hydrogens is 318 g/mol. The zero-order valence-electron chi connectivity index (χ0n) is 12.6. The second-order valence-corrected chi connectivity index (χ2v) is 6.26. The van der Waals surface area contributed by atoms with Crippen LogP contribution in [0.3, 0.4) is 0 Å². The van der Waals surface area contributed by atoms with Crippen LogP contribution in [0.25, 0.3) is 0 Å². The van der Waals surface area contributed by atoms with E-state index in [1.54, 1.807) is 25.1 Å². The van der Waals surface area contributed by atoms with Crippen molar-refractivity contribution in [2.45, 2.75) is 24.3 Å². The van der Waals surface area contributed by atoms with Gasteiger partial charge in [-0.25, -0.2) is 0 Å². The van der Waals surface area contributed by atoms with Crippen LogP contribution in [0, 0.1) is 6.92 Å². The highest BCUT2D eigenvalue weighted by Gasteiger charge is 2.11.